The molecule has 16 heavy (non-hydrogen) atoms. The van der Waals surface area contributed by atoms with Crippen molar-refractivity contribution in [2.45, 2.75) is 13.0 Å². The van der Waals surface area contributed by atoms with Gasteiger partial charge in [0.2, 0.25) is 0 Å². The van der Waals surface area contributed by atoms with Crippen LogP contribution in [0, 0.1) is 0 Å². The van der Waals surface area contributed by atoms with E-state index in [4.69, 9.17) is 4.42 Å². The molecule has 86 valence electrons. The van der Waals surface area contributed by atoms with E-state index < -0.39 is 0 Å². The van der Waals surface area contributed by atoms with Crippen molar-refractivity contribution in [1.82, 2.24) is 15.1 Å². The normalized spacial score (nSPS) is 10.9. The minimum atomic E-state index is 0.737. The van der Waals surface area contributed by atoms with Gasteiger partial charge in [-0.05, 0) is 28.1 Å². The van der Waals surface area contributed by atoms with Gasteiger partial charge in [0.1, 0.15) is 5.76 Å². The van der Waals surface area contributed by atoms with Crippen molar-refractivity contribution in [3.05, 3.63) is 40.5 Å². The van der Waals surface area contributed by atoms with Crippen LogP contribution in [0.4, 0.5) is 0 Å². The van der Waals surface area contributed by atoms with Crippen molar-refractivity contribution in [2.75, 3.05) is 6.54 Å². The Morgan fingerprint density at radius 2 is 2.38 bits per heavy atom. The quantitative estimate of drug-likeness (QED) is 0.855. The minimum absolute atomic E-state index is 0.737. The number of hydrogen-bond donors (Lipinski definition) is 1. The maximum absolute atomic E-state index is 5.29. The summed E-state index contributed by atoms with van der Waals surface area (Å²) in [6, 6.07) is 3.93. The smallest absolute Gasteiger partial charge is 0.131 e. The first-order chi connectivity index (χ1) is 7.75. The lowest BCUT2D eigenvalue weighted by Crippen LogP contribution is -2.16. The lowest BCUT2D eigenvalue weighted by Gasteiger charge is -2.01. The van der Waals surface area contributed by atoms with Gasteiger partial charge in [-0.3, -0.25) is 4.68 Å². The zero-order valence-electron chi connectivity index (χ0n) is 9.11. The number of furan rings is 1. The van der Waals surface area contributed by atoms with Crippen molar-refractivity contribution in [2.24, 2.45) is 7.05 Å². The molecule has 0 amide bonds. The Labute approximate surface area is 103 Å². The summed E-state index contributed by atoms with van der Waals surface area (Å²) in [6.07, 6.45) is 4.57. The van der Waals surface area contributed by atoms with Crippen LogP contribution in [0.5, 0.6) is 0 Å². The molecule has 0 radical (unpaired) electrons. The predicted octanol–water partition coefficient (Wildman–Crippen LogP) is 2.11. The van der Waals surface area contributed by atoms with E-state index in [0.29, 0.717) is 0 Å². The summed E-state index contributed by atoms with van der Waals surface area (Å²) in [5, 5.41) is 7.62. The Balaban J connectivity index is 1.71. The van der Waals surface area contributed by atoms with E-state index in [9.17, 15) is 0 Å². The van der Waals surface area contributed by atoms with Gasteiger partial charge in [-0.25, -0.2) is 0 Å². The molecule has 0 bridgehead atoms. The molecule has 0 aromatic carbocycles. The number of hydrogen-bond acceptors (Lipinski definition) is 3. The summed E-state index contributed by atoms with van der Waals surface area (Å²) in [5.74, 6) is 0.932. The number of nitrogens with zero attached hydrogens (tertiary/aromatic N) is 2. The largest absolute Gasteiger partial charge is 0.467 e. The zero-order valence-corrected chi connectivity index (χ0v) is 10.7. The Hall–Kier alpha value is -1.07. The number of aryl methyl sites for hydroxylation is 1. The fraction of sp³-hybridized carbons (Fsp3) is 0.364. The number of aromatic nitrogens is 2. The van der Waals surface area contributed by atoms with Gasteiger partial charge in [0.05, 0.1) is 23.0 Å². The third-order valence-corrected chi connectivity index (χ3v) is 3.01. The van der Waals surface area contributed by atoms with Gasteiger partial charge in [0.15, 0.2) is 0 Å². The summed E-state index contributed by atoms with van der Waals surface area (Å²) >= 11 is 3.42. The lowest BCUT2D eigenvalue weighted by molar-refractivity contribution is 0.481. The Morgan fingerprint density at radius 1 is 1.50 bits per heavy atom. The molecule has 0 aliphatic heterocycles. The van der Waals surface area contributed by atoms with E-state index in [-0.39, 0.29) is 0 Å². The van der Waals surface area contributed by atoms with Crippen molar-refractivity contribution in [3.63, 3.8) is 0 Å². The predicted molar refractivity (Wildman–Crippen MR) is 65.0 cm³/mol. The second-order valence-corrected chi connectivity index (χ2v) is 4.45. The minimum Gasteiger partial charge on any atom is -0.467 e. The summed E-state index contributed by atoms with van der Waals surface area (Å²) < 4.78 is 8.12. The summed E-state index contributed by atoms with van der Waals surface area (Å²) in [4.78, 5) is 0. The number of halogens is 1. The lowest BCUT2D eigenvalue weighted by atomic mass is 10.3. The van der Waals surface area contributed by atoms with Crippen LogP contribution in [-0.2, 0) is 20.0 Å². The molecule has 0 saturated carbocycles. The molecular weight excluding hydrogens is 270 g/mol. The van der Waals surface area contributed by atoms with Crippen LogP contribution in [0.3, 0.4) is 0 Å². The molecule has 0 aliphatic carbocycles. The second kappa shape index (κ2) is 5.32. The van der Waals surface area contributed by atoms with E-state index in [1.807, 2.05) is 30.1 Å². The highest BCUT2D eigenvalue weighted by Gasteiger charge is 2.02. The molecule has 4 nitrogen and oxygen atoms in total. The molecule has 2 rings (SSSR count). The first-order valence-corrected chi connectivity index (χ1v) is 5.96. The molecular formula is C11H14BrN3O. The molecule has 1 N–H and O–H groups in total. The van der Waals surface area contributed by atoms with Crippen molar-refractivity contribution in [1.29, 1.82) is 0 Å². The van der Waals surface area contributed by atoms with Gasteiger partial charge in [0, 0.05) is 26.2 Å². The third kappa shape index (κ3) is 2.96. The van der Waals surface area contributed by atoms with Gasteiger partial charge >= 0.3 is 0 Å². The van der Waals surface area contributed by atoms with Crippen molar-refractivity contribution in [3.8, 4) is 0 Å². The Kier molecular flexibility index (Phi) is 3.79. The van der Waals surface area contributed by atoms with E-state index in [0.717, 1.165) is 35.4 Å². The van der Waals surface area contributed by atoms with Crippen LogP contribution in [0.25, 0.3) is 0 Å². The summed E-state index contributed by atoms with van der Waals surface area (Å²) in [5.41, 5.74) is 1.11. The Morgan fingerprint density at radius 3 is 3.00 bits per heavy atom. The van der Waals surface area contributed by atoms with E-state index in [2.05, 4.69) is 26.3 Å². The number of rotatable bonds is 5. The van der Waals surface area contributed by atoms with Crippen LogP contribution in [0.1, 0.15) is 11.5 Å². The Bertz CT molecular complexity index is 450. The van der Waals surface area contributed by atoms with Crippen LogP contribution in [0.15, 0.2) is 33.5 Å². The fourth-order valence-corrected chi connectivity index (χ4v) is 1.81. The van der Waals surface area contributed by atoms with E-state index >= 15 is 0 Å². The highest BCUT2D eigenvalue weighted by molar-refractivity contribution is 9.10. The molecule has 0 saturated heterocycles. The maximum Gasteiger partial charge on any atom is 0.131 e. The molecule has 0 spiro atoms. The standard InChI is InChI=1S/C11H14BrN3O/c1-15-6-3-9(14-15)2-5-13-8-11-10(12)4-7-16-11/h3-4,6-7,13H,2,5,8H2,1H3. The molecule has 5 heteroatoms. The second-order valence-electron chi connectivity index (χ2n) is 3.60. The van der Waals surface area contributed by atoms with Gasteiger partial charge in [-0.15, -0.1) is 0 Å². The average molecular weight is 284 g/mol. The van der Waals surface area contributed by atoms with Crippen LogP contribution >= 0.6 is 15.9 Å². The zero-order chi connectivity index (χ0) is 11.4. The van der Waals surface area contributed by atoms with Gasteiger partial charge in [-0.1, -0.05) is 0 Å². The maximum atomic E-state index is 5.29. The topological polar surface area (TPSA) is 43.0 Å². The van der Waals surface area contributed by atoms with Gasteiger partial charge in [0.25, 0.3) is 0 Å². The third-order valence-electron chi connectivity index (χ3n) is 2.30. The van der Waals surface area contributed by atoms with Crippen molar-refractivity contribution < 1.29 is 4.42 Å². The van der Waals surface area contributed by atoms with Crippen molar-refractivity contribution >= 4 is 15.9 Å². The molecule has 0 fully saturated rings. The van der Waals surface area contributed by atoms with E-state index in [1.54, 1.807) is 6.26 Å². The molecule has 0 atom stereocenters. The van der Waals surface area contributed by atoms with E-state index in [1.165, 1.54) is 0 Å². The monoisotopic (exact) mass is 283 g/mol. The van der Waals surface area contributed by atoms with Crippen LogP contribution in [-0.4, -0.2) is 16.3 Å². The molecule has 2 heterocycles. The molecule has 2 aromatic heterocycles. The van der Waals surface area contributed by atoms with Gasteiger partial charge in [-0.2, -0.15) is 5.10 Å². The average Bonchev–Trinajstić information content (AvgIpc) is 2.83. The van der Waals surface area contributed by atoms with Crippen LogP contribution in [0.2, 0.25) is 0 Å². The van der Waals surface area contributed by atoms with Crippen LogP contribution < -0.4 is 5.32 Å². The molecule has 0 unspecified atom stereocenters. The highest BCUT2D eigenvalue weighted by Crippen LogP contribution is 2.16. The molecule has 2 aromatic rings. The number of nitrogens with one attached hydrogen (secondary N) is 1. The first-order valence-electron chi connectivity index (χ1n) is 5.17. The summed E-state index contributed by atoms with van der Waals surface area (Å²) in [7, 11) is 1.93. The molecule has 0 aliphatic rings. The fourth-order valence-electron chi connectivity index (χ4n) is 1.47. The van der Waals surface area contributed by atoms with Gasteiger partial charge < -0.3 is 9.73 Å². The first kappa shape index (κ1) is 11.4. The highest BCUT2D eigenvalue weighted by atomic mass is 79.9. The SMILES string of the molecule is Cn1ccc(CCNCc2occc2Br)n1. The summed E-state index contributed by atoms with van der Waals surface area (Å²) in [6.45, 7) is 1.63.